The quantitative estimate of drug-likeness (QED) is 0.775. The van der Waals surface area contributed by atoms with Crippen LogP contribution in [0.2, 0.25) is 5.02 Å². The van der Waals surface area contributed by atoms with Crippen molar-refractivity contribution < 1.29 is 14.4 Å². The van der Waals surface area contributed by atoms with Gasteiger partial charge in [-0.1, -0.05) is 23.7 Å². The Balaban J connectivity index is 1.45. The van der Waals surface area contributed by atoms with Crippen LogP contribution < -0.4 is 15.1 Å². The molecule has 2 aromatic rings. The predicted molar refractivity (Wildman–Crippen MR) is 118 cm³/mol. The van der Waals surface area contributed by atoms with Gasteiger partial charge in [0.15, 0.2) is 0 Å². The number of nitrogens with zero attached hydrogens (tertiary/aromatic N) is 3. The lowest BCUT2D eigenvalue weighted by Gasteiger charge is -2.52. The molecule has 2 saturated heterocycles. The molecule has 1 aromatic carbocycles. The number of carbonyl (C=O) groups is 3. The molecular formula is C23H23ClN4O3. The molecule has 1 saturated carbocycles. The van der Waals surface area contributed by atoms with Crippen molar-refractivity contribution in [2.75, 3.05) is 16.3 Å². The number of urea groups is 1. The topological polar surface area (TPSA) is 82.6 Å². The molecule has 3 heterocycles. The maximum atomic E-state index is 12.7. The summed E-state index contributed by atoms with van der Waals surface area (Å²) in [6.45, 7) is 0.282. The van der Waals surface area contributed by atoms with Crippen LogP contribution in [0.5, 0.6) is 0 Å². The maximum absolute atomic E-state index is 12.7. The highest BCUT2D eigenvalue weighted by molar-refractivity contribution is 6.36. The van der Waals surface area contributed by atoms with E-state index in [2.05, 4.69) is 10.3 Å². The zero-order chi connectivity index (χ0) is 21.6. The number of pyridine rings is 1. The Hall–Kier alpha value is -2.93. The van der Waals surface area contributed by atoms with Gasteiger partial charge in [0.25, 0.3) is 0 Å². The summed E-state index contributed by atoms with van der Waals surface area (Å²) in [7, 11) is 0. The molecule has 0 atom stereocenters. The molecule has 3 fully saturated rings. The third-order valence-corrected chi connectivity index (χ3v) is 7.05. The Morgan fingerprint density at radius 2 is 1.81 bits per heavy atom. The van der Waals surface area contributed by atoms with Gasteiger partial charge in [-0.3, -0.25) is 24.7 Å². The van der Waals surface area contributed by atoms with E-state index in [0.29, 0.717) is 22.9 Å². The first-order chi connectivity index (χ1) is 15.0. The number of imide groups is 1. The molecule has 31 heavy (non-hydrogen) atoms. The van der Waals surface area contributed by atoms with Crippen LogP contribution in [0.15, 0.2) is 36.5 Å². The highest BCUT2D eigenvalue weighted by Gasteiger charge is 2.47. The average molecular weight is 439 g/mol. The summed E-state index contributed by atoms with van der Waals surface area (Å²) in [6.07, 6.45) is 7.75. The van der Waals surface area contributed by atoms with Crippen molar-refractivity contribution in [2.45, 2.75) is 50.5 Å². The minimum Gasteiger partial charge on any atom is -0.292 e. The predicted octanol–water partition coefficient (Wildman–Crippen LogP) is 4.29. The van der Waals surface area contributed by atoms with Crippen molar-refractivity contribution in [2.24, 2.45) is 0 Å². The number of anilines is 2. The molecule has 7 nitrogen and oxygen atoms in total. The fraction of sp³-hybridized carbons (Fsp3) is 0.391. The fourth-order valence-electron chi connectivity index (χ4n) is 4.91. The summed E-state index contributed by atoms with van der Waals surface area (Å²) in [5.74, 6) is 0.552. The molecule has 2 aliphatic heterocycles. The van der Waals surface area contributed by atoms with Crippen LogP contribution in [0.3, 0.4) is 0 Å². The van der Waals surface area contributed by atoms with Crippen molar-refractivity contribution in [3.05, 3.63) is 41.6 Å². The smallest absolute Gasteiger partial charge is 0.292 e. The van der Waals surface area contributed by atoms with E-state index in [9.17, 15) is 14.4 Å². The summed E-state index contributed by atoms with van der Waals surface area (Å²) in [6, 6.07) is 8.78. The normalized spacial score (nSPS) is 20.6. The first-order valence-electron chi connectivity index (χ1n) is 10.7. The van der Waals surface area contributed by atoms with E-state index in [-0.39, 0.29) is 30.3 Å². The van der Waals surface area contributed by atoms with E-state index in [4.69, 9.17) is 11.6 Å². The lowest BCUT2D eigenvalue weighted by Crippen LogP contribution is -2.59. The maximum Gasteiger partial charge on any atom is 0.328 e. The van der Waals surface area contributed by atoms with Gasteiger partial charge in [-0.25, -0.2) is 9.78 Å². The third kappa shape index (κ3) is 3.37. The second kappa shape index (κ2) is 7.64. The van der Waals surface area contributed by atoms with Crippen molar-refractivity contribution in [1.82, 2.24) is 10.3 Å². The highest BCUT2D eigenvalue weighted by atomic mass is 35.5. The fourth-order valence-corrected chi connectivity index (χ4v) is 5.25. The summed E-state index contributed by atoms with van der Waals surface area (Å²) in [5.41, 5.74) is 2.04. The molecule has 4 amide bonds. The molecule has 0 radical (unpaired) electrons. The Morgan fingerprint density at radius 1 is 1.00 bits per heavy atom. The Labute approximate surface area is 185 Å². The summed E-state index contributed by atoms with van der Waals surface area (Å²) in [4.78, 5) is 44.4. The van der Waals surface area contributed by atoms with E-state index < -0.39 is 6.03 Å². The molecule has 1 aliphatic carbocycles. The van der Waals surface area contributed by atoms with Gasteiger partial charge in [-0.05, 0) is 50.3 Å². The number of nitrogens with one attached hydrogen (secondary N) is 1. The number of rotatable bonds is 3. The molecule has 1 N–H and O–H groups in total. The number of halogens is 1. The van der Waals surface area contributed by atoms with Gasteiger partial charge >= 0.3 is 6.03 Å². The Morgan fingerprint density at radius 3 is 2.48 bits per heavy atom. The van der Waals surface area contributed by atoms with Crippen molar-refractivity contribution in [3.8, 4) is 11.1 Å². The van der Waals surface area contributed by atoms with Crippen LogP contribution in [0, 0.1) is 0 Å². The number of hydrogen-bond donors (Lipinski definition) is 1. The van der Waals surface area contributed by atoms with E-state index in [1.807, 2.05) is 29.2 Å². The van der Waals surface area contributed by atoms with Gasteiger partial charge in [0.2, 0.25) is 11.8 Å². The molecule has 160 valence electrons. The van der Waals surface area contributed by atoms with Crippen LogP contribution in [-0.4, -0.2) is 34.9 Å². The summed E-state index contributed by atoms with van der Waals surface area (Å²) >= 11 is 6.67. The molecule has 3 aliphatic rings. The highest BCUT2D eigenvalue weighted by Crippen LogP contribution is 2.46. The monoisotopic (exact) mass is 438 g/mol. The van der Waals surface area contributed by atoms with E-state index >= 15 is 0 Å². The van der Waals surface area contributed by atoms with Crippen LogP contribution in [0.1, 0.15) is 44.9 Å². The molecule has 8 heteroatoms. The van der Waals surface area contributed by atoms with Crippen LogP contribution in [0.4, 0.5) is 16.3 Å². The lowest BCUT2D eigenvalue weighted by molar-refractivity contribution is -0.123. The number of carbonyl (C=O) groups excluding carboxylic acids is 3. The van der Waals surface area contributed by atoms with E-state index in [1.54, 1.807) is 12.3 Å². The first-order valence-corrected chi connectivity index (χ1v) is 11.1. The minimum absolute atomic E-state index is 0.0551. The van der Waals surface area contributed by atoms with Crippen LogP contribution in [-0.2, 0) is 9.59 Å². The largest absolute Gasteiger partial charge is 0.328 e. The lowest BCUT2D eigenvalue weighted by atomic mass is 9.70. The van der Waals surface area contributed by atoms with Crippen LogP contribution >= 0.6 is 11.6 Å². The molecule has 1 spiro atoms. The van der Waals surface area contributed by atoms with E-state index in [0.717, 1.165) is 43.2 Å². The molecule has 1 aromatic heterocycles. The second-order valence-electron chi connectivity index (χ2n) is 8.46. The number of amides is 4. The summed E-state index contributed by atoms with van der Waals surface area (Å²) < 4.78 is 0. The Kier molecular flexibility index (Phi) is 4.93. The molecular weight excluding hydrogens is 416 g/mol. The number of hydrogen-bond acceptors (Lipinski definition) is 4. The second-order valence-corrected chi connectivity index (χ2v) is 8.84. The summed E-state index contributed by atoms with van der Waals surface area (Å²) in [5, 5.41) is 2.74. The van der Waals surface area contributed by atoms with Gasteiger partial charge in [0.05, 0.1) is 10.7 Å². The first kappa shape index (κ1) is 20.0. The average Bonchev–Trinajstić information content (AvgIpc) is 2.73. The van der Waals surface area contributed by atoms with Gasteiger partial charge in [0.1, 0.15) is 5.82 Å². The molecule has 0 bridgehead atoms. The number of aromatic nitrogens is 1. The number of benzene rings is 1. The SMILES string of the molecule is O=C1CCN(c2cccc(-c3ccc(N4C(=O)CCCC45CCC5)nc3)c2Cl)C(=O)N1. The van der Waals surface area contributed by atoms with Crippen molar-refractivity contribution >= 4 is 41.0 Å². The standard InChI is InChI=1S/C23H23ClN4O3/c24-21-16(4-1-5-17(21)27-13-9-19(29)26-22(27)31)15-7-8-18(25-14-15)28-20(30)6-2-10-23(28)11-3-12-23/h1,4-5,7-8,14H,2-3,6,9-13H2,(H,26,29,31). The number of piperidine rings is 1. The Bertz CT molecular complexity index is 1060. The van der Waals surface area contributed by atoms with Gasteiger partial charge in [-0.2, -0.15) is 0 Å². The van der Waals surface area contributed by atoms with Gasteiger partial charge < -0.3 is 0 Å². The minimum atomic E-state index is -0.474. The third-order valence-electron chi connectivity index (χ3n) is 6.65. The molecule has 0 unspecified atom stereocenters. The zero-order valence-corrected chi connectivity index (χ0v) is 17.8. The zero-order valence-electron chi connectivity index (χ0n) is 17.1. The van der Waals surface area contributed by atoms with Crippen molar-refractivity contribution in [3.63, 3.8) is 0 Å². The van der Waals surface area contributed by atoms with Crippen molar-refractivity contribution in [1.29, 1.82) is 0 Å². The van der Waals surface area contributed by atoms with Gasteiger partial charge in [-0.15, -0.1) is 0 Å². The van der Waals surface area contributed by atoms with Crippen LogP contribution in [0.25, 0.3) is 11.1 Å². The van der Waals surface area contributed by atoms with Gasteiger partial charge in [0, 0.05) is 42.2 Å². The molecule has 5 rings (SSSR count). The van der Waals surface area contributed by atoms with E-state index in [1.165, 1.54) is 4.90 Å².